The average molecular weight is 392 g/mol. The molecule has 4 nitrogen and oxygen atoms in total. The number of hydrogen-bond acceptors (Lipinski definition) is 4. The van der Waals surface area contributed by atoms with E-state index in [-0.39, 0.29) is 0 Å². The molecule has 0 aliphatic heterocycles. The van der Waals surface area contributed by atoms with Crippen molar-refractivity contribution in [2.45, 2.75) is 58.9 Å². The van der Waals surface area contributed by atoms with Crippen LogP contribution in [0.1, 0.15) is 0 Å². The van der Waals surface area contributed by atoms with Gasteiger partial charge in [-0.05, 0) is 0 Å². The Kier molecular flexibility index (Phi) is 5.92. The van der Waals surface area contributed by atoms with Gasteiger partial charge in [-0.25, -0.2) is 0 Å². The van der Waals surface area contributed by atoms with Gasteiger partial charge in [0.05, 0.1) is 0 Å². The number of rotatable bonds is 7. The number of pyridine rings is 1. The molecule has 0 saturated carbocycles. The molecule has 0 N–H and O–H groups in total. The van der Waals surface area contributed by atoms with Crippen LogP contribution < -0.4 is 5.30 Å². The van der Waals surface area contributed by atoms with Crippen molar-refractivity contribution < 1.29 is 12.6 Å². The Bertz CT molecular complexity index is 492. The Morgan fingerprint density at radius 3 is 1.43 bits per heavy atom. The Hall–Kier alpha value is 0.111. The third-order valence-corrected chi connectivity index (χ3v) is 15.7. The monoisotopic (exact) mass is 391 g/mol. The second-order valence-electron chi connectivity index (χ2n) is 9.09. The van der Waals surface area contributed by atoms with Crippen molar-refractivity contribution in [1.29, 1.82) is 0 Å². The van der Waals surface area contributed by atoms with Gasteiger partial charge in [0.2, 0.25) is 0 Å². The first-order valence-corrected chi connectivity index (χ1v) is 20.8. The van der Waals surface area contributed by atoms with Crippen molar-refractivity contribution in [3.63, 3.8) is 0 Å². The molecule has 0 fully saturated rings. The summed E-state index contributed by atoms with van der Waals surface area (Å²) >= 11 is 0. The topological polar surface area (TPSA) is 40.6 Å². The van der Waals surface area contributed by atoms with Crippen LogP contribution in [0.5, 0.6) is 0 Å². The van der Waals surface area contributed by atoms with Crippen LogP contribution >= 0.6 is 7.28 Å². The van der Waals surface area contributed by atoms with Crippen LogP contribution in [0.25, 0.3) is 0 Å². The number of nitrogens with zero attached hydrogens (tertiary/aromatic N) is 1. The van der Waals surface area contributed by atoms with Crippen LogP contribution in [-0.4, -0.2) is 36.6 Å². The molecule has 0 atom stereocenters. The average Bonchev–Trinajstić information content (AvgIpc) is 2.21. The summed E-state index contributed by atoms with van der Waals surface area (Å²) in [5.41, 5.74) is 0. The van der Waals surface area contributed by atoms with Gasteiger partial charge in [0.15, 0.2) is 0 Å². The molecule has 0 bridgehead atoms. The molecule has 23 heavy (non-hydrogen) atoms. The summed E-state index contributed by atoms with van der Waals surface area (Å²) in [6, 6.07) is 3.99. The van der Waals surface area contributed by atoms with E-state index in [1.54, 1.807) is 6.20 Å². The maximum absolute atomic E-state index is 6.81. The van der Waals surface area contributed by atoms with Crippen LogP contribution in [0.4, 0.5) is 0 Å². The van der Waals surface area contributed by atoms with Crippen molar-refractivity contribution in [2.75, 3.05) is 6.66 Å². The van der Waals surface area contributed by atoms with Gasteiger partial charge in [-0.2, -0.15) is 0 Å². The molecule has 0 spiro atoms. The van der Waals surface area contributed by atoms with Crippen LogP contribution in [0.2, 0.25) is 58.9 Å². The summed E-state index contributed by atoms with van der Waals surface area (Å²) in [5, 5.41) is 0.964. The fourth-order valence-corrected chi connectivity index (χ4v) is 21.5. The molecular weight excluding hydrogens is 357 g/mol. The predicted molar refractivity (Wildman–Crippen MR) is 110 cm³/mol. The third kappa shape index (κ3) is 6.49. The van der Waals surface area contributed by atoms with Crippen LogP contribution in [0.15, 0.2) is 24.5 Å². The van der Waals surface area contributed by atoms with E-state index >= 15 is 0 Å². The normalized spacial score (nSPS) is 16.0. The van der Waals surface area contributed by atoms with Gasteiger partial charge < -0.3 is 0 Å². The molecule has 0 radical (unpaired) electrons. The van der Waals surface area contributed by atoms with Gasteiger partial charge in [-0.3, -0.25) is 0 Å². The molecule has 0 aromatic carbocycles. The Morgan fingerprint density at radius 1 is 0.783 bits per heavy atom. The number of aromatic nitrogens is 1. The van der Waals surface area contributed by atoms with E-state index < -0.39 is 32.2 Å². The zero-order valence-electron chi connectivity index (χ0n) is 16.4. The summed E-state index contributed by atoms with van der Waals surface area (Å²) < 4.78 is 20.4. The van der Waals surface area contributed by atoms with Gasteiger partial charge in [0, 0.05) is 0 Å². The standard InChI is InChI=1S/C15H34NO3PSi3/c1-20(17-21(2,3)4,18-22(5,6)7,19-23(8,9)10)15-12-11-13-16-14-15/h11-14H,1-10H3. The Labute approximate surface area is 145 Å². The molecule has 1 aromatic rings. The maximum atomic E-state index is 6.81. The minimum absolute atomic E-state index is 0.964. The van der Waals surface area contributed by atoms with Crippen molar-refractivity contribution in [2.24, 2.45) is 0 Å². The molecule has 1 heterocycles. The van der Waals surface area contributed by atoms with E-state index in [1.165, 1.54) is 0 Å². The summed E-state index contributed by atoms with van der Waals surface area (Å²) in [4.78, 5) is 4.32. The zero-order chi connectivity index (χ0) is 18.2. The van der Waals surface area contributed by atoms with Gasteiger partial charge >= 0.3 is 145 Å². The number of hydrogen-bond donors (Lipinski definition) is 0. The third-order valence-electron chi connectivity index (χ3n) is 2.68. The van der Waals surface area contributed by atoms with Crippen LogP contribution in [-0.2, 0) is 12.6 Å². The molecule has 0 amide bonds. The van der Waals surface area contributed by atoms with Crippen molar-refractivity contribution >= 4 is 37.5 Å². The SMILES string of the molecule is C[Si](C)(C)OP(C)(O[Si](C)(C)C)(O[Si](C)(C)C)c1cccnc1. The molecule has 0 aliphatic rings. The van der Waals surface area contributed by atoms with Gasteiger partial charge in [0.25, 0.3) is 0 Å². The Morgan fingerprint density at radius 2 is 1.17 bits per heavy atom. The van der Waals surface area contributed by atoms with E-state index in [0.29, 0.717) is 0 Å². The molecule has 8 heteroatoms. The minimum atomic E-state index is -3.46. The van der Waals surface area contributed by atoms with Crippen molar-refractivity contribution in [1.82, 2.24) is 4.98 Å². The summed E-state index contributed by atoms with van der Waals surface area (Å²) in [6.45, 7) is 21.8. The molecular formula is C15H34NO3PSi3. The van der Waals surface area contributed by atoms with Gasteiger partial charge in [0.1, 0.15) is 0 Å². The Balaban J connectivity index is 3.64. The fourth-order valence-electron chi connectivity index (χ4n) is 2.77. The molecule has 1 aromatic heterocycles. The molecule has 0 aliphatic carbocycles. The van der Waals surface area contributed by atoms with E-state index in [4.69, 9.17) is 12.6 Å². The van der Waals surface area contributed by atoms with Crippen molar-refractivity contribution in [3.05, 3.63) is 24.5 Å². The van der Waals surface area contributed by atoms with E-state index in [2.05, 4.69) is 70.6 Å². The van der Waals surface area contributed by atoms with Gasteiger partial charge in [-0.15, -0.1) is 0 Å². The fraction of sp³-hybridized carbons (Fsp3) is 0.667. The van der Waals surface area contributed by atoms with Crippen LogP contribution in [0, 0.1) is 0 Å². The van der Waals surface area contributed by atoms with Crippen LogP contribution in [0.3, 0.4) is 0 Å². The summed E-state index contributed by atoms with van der Waals surface area (Å²) in [5.74, 6) is 0. The molecule has 1 rings (SSSR count). The second-order valence-corrected chi connectivity index (χ2v) is 27.0. The van der Waals surface area contributed by atoms with Crippen molar-refractivity contribution in [3.8, 4) is 0 Å². The van der Waals surface area contributed by atoms with E-state index in [9.17, 15) is 0 Å². The first-order chi connectivity index (χ1) is 10.0. The van der Waals surface area contributed by atoms with Gasteiger partial charge in [-0.1, -0.05) is 0 Å². The summed E-state index contributed by atoms with van der Waals surface area (Å²) in [6.07, 6.45) is 3.64. The quantitative estimate of drug-likeness (QED) is 0.474. The molecule has 0 saturated heterocycles. The second kappa shape index (κ2) is 6.44. The first kappa shape index (κ1) is 21.2. The molecule has 0 unspecified atom stereocenters. The molecule has 134 valence electrons. The zero-order valence-corrected chi connectivity index (χ0v) is 20.3. The van der Waals surface area contributed by atoms with E-state index in [1.807, 2.05) is 18.3 Å². The first-order valence-electron chi connectivity index (χ1n) is 8.09. The summed E-state index contributed by atoms with van der Waals surface area (Å²) in [7, 11) is -9.23. The predicted octanol–water partition coefficient (Wildman–Crippen LogP) is 5.19. The van der Waals surface area contributed by atoms with E-state index in [0.717, 1.165) is 5.30 Å².